The molecule has 0 radical (unpaired) electrons. The minimum absolute atomic E-state index is 0.426. The van der Waals surface area contributed by atoms with Crippen molar-refractivity contribution in [2.75, 3.05) is 27.3 Å². The van der Waals surface area contributed by atoms with E-state index >= 15 is 0 Å². The van der Waals surface area contributed by atoms with Crippen LogP contribution < -0.4 is 5.73 Å². The zero-order valence-corrected chi connectivity index (χ0v) is 10.9. The summed E-state index contributed by atoms with van der Waals surface area (Å²) in [6.07, 6.45) is 2.11. The number of aromatic nitrogens is 1. The number of likely N-dealkylation sites (N-methyl/N-ethyl adjacent to an activating group) is 1. The second-order valence-electron chi connectivity index (χ2n) is 3.93. The lowest BCUT2D eigenvalue weighted by molar-refractivity contribution is 0.0956. The molecule has 4 nitrogen and oxygen atoms in total. The third-order valence-corrected chi connectivity index (χ3v) is 3.25. The van der Waals surface area contributed by atoms with E-state index in [-0.39, 0.29) is 0 Å². The van der Waals surface area contributed by atoms with Crippen molar-refractivity contribution in [3.05, 3.63) is 16.6 Å². The molecular formula is C11H21N3OS. The van der Waals surface area contributed by atoms with Crippen LogP contribution in [-0.2, 0) is 11.3 Å². The van der Waals surface area contributed by atoms with Gasteiger partial charge in [-0.15, -0.1) is 11.3 Å². The number of nitrogens with two attached hydrogens (primary N) is 1. The van der Waals surface area contributed by atoms with Gasteiger partial charge in [0.25, 0.3) is 0 Å². The smallest absolute Gasteiger partial charge is 0.0795 e. The minimum Gasteiger partial charge on any atom is -0.383 e. The highest BCUT2D eigenvalue weighted by molar-refractivity contribution is 7.07. The SMILES string of the molecule is COCC(CCCN)N(C)Cc1cscn1. The average Bonchev–Trinajstić information content (AvgIpc) is 2.76. The Morgan fingerprint density at radius 1 is 1.62 bits per heavy atom. The maximum atomic E-state index is 5.54. The third kappa shape index (κ3) is 4.57. The predicted molar refractivity (Wildman–Crippen MR) is 67.5 cm³/mol. The Balaban J connectivity index is 2.42. The number of hydrogen-bond donors (Lipinski definition) is 1. The number of ether oxygens (including phenoxy) is 1. The van der Waals surface area contributed by atoms with E-state index in [1.54, 1.807) is 18.4 Å². The Morgan fingerprint density at radius 2 is 2.44 bits per heavy atom. The predicted octanol–water partition coefficient (Wildman–Crippen LogP) is 1.33. The van der Waals surface area contributed by atoms with E-state index in [4.69, 9.17) is 10.5 Å². The van der Waals surface area contributed by atoms with Crippen LogP contribution in [0.4, 0.5) is 0 Å². The first-order chi connectivity index (χ1) is 7.77. The van der Waals surface area contributed by atoms with Gasteiger partial charge in [0.1, 0.15) is 0 Å². The number of thiazole rings is 1. The van der Waals surface area contributed by atoms with Gasteiger partial charge < -0.3 is 10.5 Å². The van der Waals surface area contributed by atoms with Crippen LogP contribution in [0.5, 0.6) is 0 Å². The molecule has 0 fully saturated rings. The summed E-state index contributed by atoms with van der Waals surface area (Å²) in [5.74, 6) is 0. The molecule has 0 saturated carbocycles. The van der Waals surface area contributed by atoms with Crippen LogP contribution >= 0.6 is 11.3 Å². The molecule has 16 heavy (non-hydrogen) atoms. The zero-order chi connectivity index (χ0) is 11.8. The van der Waals surface area contributed by atoms with Gasteiger partial charge in [-0.25, -0.2) is 4.98 Å². The van der Waals surface area contributed by atoms with E-state index < -0.39 is 0 Å². The first kappa shape index (κ1) is 13.6. The molecule has 0 aliphatic carbocycles. The Hall–Kier alpha value is -0.490. The third-order valence-electron chi connectivity index (χ3n) is 2.62. The van der Waals surface area contributed by atoms with Gasteiger partial charge in [-0.1, -0.05) is 0 Å². The largest absolute Gasteiger partial charge is 0.383 e. The van der Waals surface area contributed by atoms with Crippen molar-refractivity contribution < 1.29 is 4.74 Å². The first-order valence-corrected chi connectivity index (χ1v) is 6.48. The molecule has 0 aliphatic heterocycles. The van der Waals surface area contributed by atoms with Gasteiger partial charge in [0, 0.05) is 25.1 Å². The first-order valence-electron chi connectivity index (χ1n) is 5.54. The summed E-state index contributed by atoms with van der Waals surface area (Å²) in [4.78, 5) is 6.58. The lowest BCUT2D eigenvalue weighted by Crippen LogP contribution is -2.35. The quantitative estimate of drug-likeness (QED) is 0.748. The molecule has 1 atom stereocenters. The van der Waals surface area contributed by atoms with Crippen molar-refractivity contribution in [1.29, 1.82) is 0 Å². The van der Waals surface area contributed by atoms with E-state index in [9.17, 15) is 0 Å². The van der Waals surface area contributed by atoms with E-state index in [0.29, 0.717) is 6.04 Å². The van der Waals surface area contributed by atoms with Crippen molar-refractivity contribution in [2.24, 2.45) is 5.73 Å². The monoisotopic (exact) mass is 243 g/mol. The van der Waals surface area contributed by atoms with Crippen LogP contribution in [0.2, 0.25) is 0 Å². The molecule has 0 saturated heterocycles. The topological polar surface area (TPSA) is 51.4 Å². The summed E-state index contributed by atoms with van der Waals surface area (Å²) in [7, 11) is 3.85. The fraction of sp³-hybridized carbons (Fsp3) is 0.727. The van der Waals surface area contributed by atoms with Gasteiger partial charge >= 0.3 is 0 Å². The lowest BCUT2D eigenvalue weighted by atomic mass is 10.1. The van der Waals surface area contributed by atoms with E-state index in [2.05, 4.69) is 22.3 Å². The summed E-state index contributed by atoms with van der Waals surface area (Å²) >= 11 is 1.64. The van der Waals surface area contributed by atoms with E-state index in [1.807, 2.05) is 5.51 Å². The molecule has 1 rings (SSSR count). The van der Waals surface area contributed by atoms with E-state index in [1.165, 1.54) is 0 Å². The van der Waals surface area contributed by atoms with Crippen molar-refractivity contribution >= 4 is 11.3 Å². The fourth-order valence-corrected chi connectivity index (χ4v) is 2.23. The van der Waals surface area contributed by atoms with Gasteiger partial charge in [0.2, 0.25) is 0 Å². The highest BCUT2D eigenvalue weighted by Gasteiger charge is 2.14. The highest BCUT2D eigenvalue weighted by atomic mass is 32.1. The average molecular weight is 243 g/mol. The maximum Gasteiger partial charge on any atom is 0.0795 e. The molecule has 1 aromatic rings. The molecule has 0 amide bonds. The van der Waals surface area contributed by atoms with Gasteiger partial charge in [-0.2, -0.15) is 0 Å². The van der Waals surface area contributed by atoms with E-state index in [0.717, 1.165) is 38.2 Å². The van der Waals surface area contributed by atoms with Crippen LogP contribution in [0, 0.1) is 0 Å². The summed E-state index contributed by atoms with van der Waals surface area (Å²) in [5.41, 5.74) is 8.53. The molecule has 0 aliphatic rings. The van der Waals surface area contributed by atoms with Crippen LogP contribution in [0.3, 0.4) is 0 Å². The molecule has 1 aromatic heterocycles. The molecule has 1 unspecified atom stereocenters. The number of methoxy groups -OCH3 is 1. The summed E-state index contributed by atoms with van der Waals surface area (Å²) in [5, 5.41) is 2.09. The Labute approximate surface area is 101 Å². The van der Waals surface area contributed by atoms with Gasteiger partial charge in [0.05, 0.1) is 17.8 Å². The molecule has 92 valence electrons. The van der Waals surface area contributed by atoms with Gasteiger partial charge in [-0.3, -0.25) is 4.90 Å². The Morgan fingerprint density at radius 3 is 3.00 bits per heavy atom. The van der Waals surface area contributed by atoms with Gasteiger partial charge in [-0.05, 0) is 26.4 Å². The van der Waals surface area contributed by atoms with Crippen molar-refractivity contribution in [3.8, 4) is 0 Å². The Kier molecular flexibility index (Phi) is 6.56. The normalized spacial score (nSPS) is 13.2. The standard InChI is InChI=1S/C11H21N3OS/c1-14(6-10-8-16-9-13-10)11(7-15-2)4-3-5-12/h8-9,11H,3-7,12H2,1-2H3. The summed E-state index contributed by atoms with van der Waals surface area (Å²) < 4.78 is 5.24. The summed E-state index contributed by atoms with van der Waals surface area (Å²) in [6.45, 7) is 2.37. The number of hydrogen-bond acceptors (Lipinski definition) is 5. The molecule has 2 N–H and O–H groups in total. The van der Waals surface area contributed by atoms with Crippen LogP contribution in [-0.4, -0.2) is 43.2 Å². The minimum atomic E-state index is 0.426. The molecular weight excluding hydrogens is 222 g/mol. The van der Waals surface area contributed by atoms with Crippen LogP contribution in [0.1, 0.15) is 18.5 Å². The van der Waals surface area contributed by atoms with Crippen LogP contribution in [0.15, 0.2) is 10.9 Å². The number of nitrogens with zero attached hydrogens (tertiary/aromatic N) is 2. The second-order valence-corrected chi connectivity index (χ2v) is 4.65. The molecule has 0 spiro atoms. The fourth-order valence-electron chi connectivity index (χ4n) is 1.68. The maximum absolute atomic E-state index is 5.54. The van der Waals surface area contributed by atoms with Crippen molar-refractivity contribution in [1.82, 2.24) is 9.88 Å². The molecule has 0 bridgehead atoms. The summed E-state index contributed by atoms with van der Waals surface area (Å²) in [6, 6.07) is 0.426. The van der Waals surface area contributed by atoms with Gasteiger partial charge in [0.15, 0.2) is 0 Å². The lowest BCUT2D eigenvalue weighted by Gasteiger charge is -2.26. The van der Waals surface area contributed by atoms with Crippen molar-refractivity contribution in [2.45, 2.75) is 25.4 Å². The molecule has 0 aromatic carbocycles. The van der Waals surface area contributed by atoms with Crippen LogP contribution in [0.25, 0.3) is 0 Å². The van der Waals surface area contributed by atoms with Crippen molar-refractivity contribution in [3.63, 3.8) is 0 Å². The zero-order valence-electron chi connectivity index (χ0n) is 10.1. The molecule has 1 heterocycles. The highest BCUT2D eigenvalue weighted by Crippen LogP contribution is 2.10. The number of rotatable bonds is 8. The second kappa shape index (κ2) is 7.73. The Bertz CT molecular complexity index is 266. The molecule has 5 heteroatoms.